The third-order valence-electron chi connectivity index (χ3n) is 2.37. The van der Waals surface area contributed by atoms with Gasteiger partial charge in [0, 0.05) is 12.0 Å². The summed E-state index contributed by atoms with van der Waals surface area (Å²) in [6, 6.07) is 3.06. The van der Waals surface area contributed by atoms with Crippen LogP contribution < -0.4 is 0 Å². The Morgan fingerprint density at radius 3 is 2.60 bits per heavy atom. The number of rotatable bonds is 4. The molecular formula is C12H14F2O. The molecule has 1 unspecified atom stereocenters. The number of Topliss-reactive ketones (excluding diaryl/α,β-unsaturated/α-hetero) is 1. The van der Waals surface area contributed by atoms with Crippen LogP contribution in [0.15, 0.2) is 18.2 Å². The summed E-state index contributed by atoms with van der Waals surface area (Å²) >= 11 is 0. The van der Waals surface area contributed by atoms with Gasteiger partial charge in [0.1, 0.15) is 11.6 Å². The Bertz CT molecular complexity index is 361. The highest BCUT2D eigenvalue weighted by molar-refractivity contribution is 5.97. The molecular weight excluding hydrogens is 198 g/mol. The third-order valence-corrected chi connectivity index (χ3v) is 2.37. The van der Waals surface area contributed by atoms with Crippen LogP contribution in [-0.2, 0) is 0 Å². The summed E-state index contributed by atoms with van der Waals surface area (Å²) in [4.78, 5) is 11.7. The van der Waals surface area contributed by atoms with Crippen molar-refractivity contribution >= 4 is 5.78 Å². The van der Waals surface area contributed by atoms with Crippen molar-refractivity contribution in [2.24, 2.45) is 5.92 Å². The van der Waals surface area contributed by atoms with Gasteiger partial charge >= 0.3 is 0 Å². The Labute approximate surface area is 88.1 Å². The fourth-order valence-electron chi connectivity index (χ4n) is 1.52. The average molecular weight is 212 g/mol. The Kier molecular flexibility index (Phi) is 3.95. The zero-order chi connectivity index (χ0) is 11.4. The maximum Gasteiger partial charge on any atom is 0.168 e. The molecule has 0 fully saturated rings. The van der Waals surface area contributed by atoms with Gasteiger partial charge in [0.05, 0.1) is 5.56 Å². The predicted molar refractivity (Wildman–Crippen MR) is 54.8 cm³/mol. The summed E-state index contributed by atoms with van der Waals surface area (Å²) in [5.41, 5.74) is -0.0163. The number of carbonyl (C=O) groups excluding carboxylic acids is 1. The second kappa shape index (κ2) is 5.01. The first-order valence-corrected chi connectivity index (χ1v) is 5.05. The van der Waals surface area contributed by atoms with E-state index in [1.165, 1.54) is 6.07 Å². The van der Waals surface area contributed by atoms with Crippen molar-refractivity contribution in [3.05, 3.63) is 35.4 Å². The topological polar surface area (TPSA) is 17.1 Å². The standard InChI is InChI=1S/C12H14F2O/c1-3-4-8(2)12(15)10-6-5-9(13)7-11(10)14/h5-8H,3-4H2,1-2H3. The maximum atomic E-state index is 13.2. The summed E-state index contributed by atoms with van der Waals surface area (Å²) in [5.74, 6) is -1.90. The van der Waals surface area contributed by atoms with Gasteiger partial charge in [-0.15, -0.1) is 0 Å². The molecule has 0 aliphatic carbocycles. The molecule has 0 aliphatic rings. The monoisotopic (exact) mass is 212 g/mol. The third kappa shape index (κ3) is 2.85. The van der Waals surface area contributed by atoms with Gasteiger partial charge in [-0.2, -0.15) is 0 Å². The van der Waals surface area contributed by atoms with Crippen molar-refractivity contribution in [3.63, 3.8) is 0 Å². The average Bonchev–Trinajstić information content (AvgIpc) is 2.17. The van der Waals surface area contributed by atoms with Gasteiger partial charge in [0.2, 0.25) is 0 Å². The molecule has 3 heteroatoms. The zero-order valence-corrected chi connectivity index (χ0v) is 8.89. The lowest BCUT2D eigenvalue weighted by Crippen LogP contribution is -2.13. The molecule has 0 aliphatic heterocycles. The Morgan fingerprint density at radius 1 is 1.40 bits per heavy atom. The van der Waals surface area contributed by atoms with Crippen molar-refractivity contribution in [3.8, 4) is 0 Å². The van der Waals surface area contributed by atoms with Crippen LogP contribution in [0.4, 0.5) is 8.78 Å². The van der Waals surface area contributed by atoms with E-state index in [1.54, 1.807) is 6.92 Å². The largest absolute Gasteiger partial charge is 0.294 e. The maximum absolute atomic E-state index is 13.2. The van der Waals surface area contributed by atoms with Gasteiger partial charge in [0.15, 0.2) is 5.78 Å². The molecule has 0 saturated carbocycles. The second-order valence-corrected chi connectivity index (χ2v) is 3.68. The minimum absolute atomic E-state index is 0.0163. The number of halogens is 2. The van der Waals surface area contributed by atoms with Gasteiger partial charge in [-0.25, -0.2) is 8.78 Å². The van der Waals surface area contributed by atoms with Gasteiger partial charge in [-0.05, 0) is 18.6 Å². The van der Waals surface area contributed by atoms with Gasteiger partial charge in [-0.1, -0.05) is 20.3 Å². The highest BCUT2D eigenvalue weighted by Gasteiger charge is 2.18. The lowest BCUT2D eigenvalue weighted by molar-refractivity contribution is 0.0919. The van der Waals surface area contributed by atoms with E-state index in [4.69, 9.17) is 0 Å². The molecule has 0 heterocycles. The molecule has 0 aromatic heterocycles. The Balaban J connectivity index is 2.91. The fourth-order valence-corrected chi connectivity index (χ4v) is 1.52. The highest BCUT2D eigenvalue weighted by atomic mass is 19.1. The van der Waals surface area contributed by atoms with Gasteiger partial charge < -0.3 is 0 Å². The van der Waals surface area contributed by atoms with E-state index in [0.717, 1.165) is 25.0 Å². The van der Waals surface area contributed by atoms with E-state index >= 15 is 0 Å². The molecule has 0 radical (unpaired) electrons. The molecule has 0 amide bonds. The van der Waals surface area contributed by atoms with Crippen LogP contribution in [0, 0.1) is 17.6 Å². The Hall–Kier alpha value is -1.25. The number of ketones is 1. The SMILES string of the molecule is CCCC(C)C(=O)c1ccc(F)cc1F. The van der Waals surface area contributed by atoms with Crippen molar-refractivity contribution in [2.45, 2.75) is 26.7 Å². The van der Waals surface area contributed by atoms with Gasteiger partial charge in [-0.3, -0.25) is 4.79 Å². The van der Waals surface area contributed by atoms with Crippen molar-refractivity contribution in [2.75, 3.05) is 0 Å². The molecule has 15 heavy (non-hydrogen) atoms. The van der Waals surface area contributed by atoms with E-state index < -0.39 is 11.6 Å². The minimum atomic E-state index is -0.775. The van der Waals surface area contributed by atoms with E-state index in [9.17, 15) is 13.6 Å². The molecule has 1 nitrogen and oxygen atoms in total. The molecule has 0 N–H and O–H groups in total. The highest BCUT2D eigenvalue weighted by Crippen LogP contribution is 2.17. The summed E-state index contributed by atoms with van der Waals surface area (Å²) < 4.78 is 25.8. The first-order valence-electron chi connectivity index (χ1n) is 5.05. The summed E-state index contributed by atoms with van der Waals surface area (Å²) in [7, 11) is 0. The van der Waals surface area contributed by atoms with Gasteiger partial charge in [0.25, 0.3) is 0 Å². The lowest BCUT2D eigenvalue weighted by atomic mass is 9.95. The summed E-state index contributed by atoms with van der Waals surface area (Å²) in [6.45, 7) is 3.72. The predicted octanol–water partition coefficient (Wildman–Crippen LogP) is 3.58. The van der Waals surface area contributed by atoms with Crippen LogP contribution in [0.3, 0.4) is 0 Å². The van der Waals surface area contributed by atoms with Crippen molar-refractivity contribution in [1.82, 2.24) is 0 Å². The summed E-state index contributed by atoms with van der Waals surface area (Å²) in [5, 5.41) is 0. The number of carbonyl (C=O) groups is 1. The number of hydrogen-bond acceptors (Lipinski definition) is 1. The molecule has 1 aromatic carbocycles. The summed E-state index contributed by atoms with van der Waals surface area (Å²) in [6.07, 6.45) is 1.59. The number of benzene rings is 1. The van der Waals surface area contributed by atoms with E-state index in [0.29, 0.717) is 0 Å². The zero-order valence-electron chi connectivity index (χ0n) is 8.89. The van der Waals surface area contributed by atoms with E-state index in [-0.39, 0.29) is 17.3 Å². The van der Waals surface area contributed by atoms with E-state index in [1.807, 2.05) is 6.92 Å². The lowest BCUT2D eigenvalue weighted by Gasteiger charge is -2.09. The van der Waals surface area contributed by atoms with Crippen LogP contribution in [-0.4, -0.2) is 5.78 Å². The first kappa shape index (κ1) is 11.8. The molecule has 0 bridgehead atoms. The van der Waals surface area contributed by atoms with Crippen molar-refractivity contribution in [1.29, 1.82) is 0 Å². The molecule has 82 valence electrons. The molecule has 0 saturated heterocycles. The van der Waals surface area contributed by atoms with Crippen molar-refractivity contribution < 1.29 is 13.6 Å². The smallest absolute Gasteiger partial charge is 0.168 e. The minimum Gasteiger partial charge on any atom is -0.294 e. The van der Waals surface area contributed by atoms with Crippen LogP contribution in [0.5, 0.6) is 0 Å². The van der Waals surface area contributed by atoms with Crippen LogP contribution in [0.2, 0.25) is 0 Å². The fraction of sp³-hybridized carbons (Fsp3) is 0.417. The normalized spacial score (nSPS) is 12.5. The van der Waals surface area contributed by atoms with Crippen LogP contribution in [0.25, 0.3) is 0 Å². The molecule has 0 spiro atoms. The number of hydrogen-bond donors (Lipinski definition) is 0. The first-order chi connectivity index (χ1) is 7.06. The molecule has 1 aromatic rings. The van der Waals surface area contributed by atoms with Crippen LogP contribution in [0.1, 0.15) is 37.0 Å². The van der Waals surface area contributed by atoms with Crippen LogP contribution >= 0.6 is 0 Å². The molecule has 1 rings (SSSR count). The Morgan fingerprint density at radius 2 is 2.07 bits per heavy atom. The second-order valence-electron chi connectivity index (χ2n) is 3.68. The van der Waals surface area contributed by atoms with E-state index in [2.05, 4.69) is 0 Å². The quantitative estimate of drug-likeness (QED) is 0.697. The molecule has 1 atom stereocenters.